The first-order chi connectivity index (χ1) is 11.5. The molecule has 1 aromatic rings. The van der Waals surface area contributed by atoms with Crippen LogP contribution in [0.2, 0.25) is 0 Å². The first-order valence-electron chi connectivity index (χ1n) is 8.89. The van der Waals surface area contributed by atoms with Crippen molar-refractivity contribution in [1.82, 2.24) is 5.32 Å². The van der Waals surface area contributed by atoms with Gasteiger partial charge in [0.25, 0.3) is 5.91 Å². The molecule has 0 spiro atoms. The standard InChI is InChI=1S/C19H30N2O3.ClH/c1-13(2)10-15(12-20)21-19(22)14-8-9-17(18(11-14)23-3)24-16-6-4-5-7-16;/h8-9,11,13,15-16H,4-7,10,12,20H2,1-3H3,(H,21,22);1H. The van der Waals surface area contributed by atoms with Crippen molar-refractivity contribution in [3.8, 4) is 11.5 Å². The van der Waals surface area contributed by atoms with E-state index in [0.717, 1.165) is 19.3 Å². The lowest BCUT2D eigenvalue weighted by molar-refractivity contribution is 0.0933. The Labute approximate surface area is 157 Å². The molecule has 1 aliphatic rings. The van der Waals surface area contributed by atoms with Gasteiger partial charge in [0.1, 0.15) is 0 Å². The minimum absolute atomic E-state index is 0. The van der Waals surface area contributed by atoms with Crippen LogP contribution in [0, 0.1) is 5.92 Å². The summed E-state index contributed by atoms with van der Waals surface area (Å²) >= 11 is 0. The van der Waals surface area contributed by atoms with Crippen molar-refractivity contribution >= 4 is 18.3 Å². The van der Waals surface area contributed by atoms with Crippen molar-refractivity contribution in [2.24, 2.45) is 11.7 Å². The molecule has 1 atom stereocenters. The van der Waals surface area contributed by atoms with Crippen molar-refractivity contribution in [2.75, 3.05) is 13.7 Å². The van der Waals surface area contributed by atoms with Gasteiger partial charge in [-0.2, -0.15) is 0 Å². The Bertz CT molecular complexity index is 545. The minimum Gasteiger partial charge on any atom is -0.493 e. The molecular weight excluding hydrogens is 340 g/mol. The topological polar surface area (TPSA) is 73.6 Å². The third-order valence-corrected chi connectivity index (χ3v) is 4.40. The summed E-state index contributed by atoms with van der Waals surface area (Å²) in [4.78, 5) is 12.5. The molecule has 1 amide bonds. The van der Waals surface area contributed by atoms with Gasteiger partial charge in [-0.3, -0.25) is 4.79 Å². The van der Waals surface area contributed by atoms with Gasteiger partial charge < -0.3 is 20.5 Å². The van der Waals surface area contributed by atoms with E-state index in [2.05, 4.69) is 19.2 Å². The molecule has 1 aliphatic carbocycles. The summed E-state index contributed by atoms with van der Waals surface area (Å²) in [5.41, 5.74) is 6.32. The highest BCUT2D eigenvalue weighted by atomic mass is 35.5. The van der Waals surface area contributed by atoms with E-state index in [0.29, 0.717) is 29.5 Å². The van der Waals surface area contributed by atoms with E-state index in [-0.39, 0.29) is 30.5 Å². The molecule has 1 fully saturated rings. The van der Waals surface area contributed by atoms with Crippen molar-refractivity contribution in [3.63, 3.8) is 0 Å². The molecule has 1 saturated carbocycles. The van der Waals surface area contributed by atoms with E-state index >= 15 is 0 Å². The van der Waals surface area contributed by atoms with Crippen molar-refractivity contribution in [1.29, 1.82) is 0 Å². The third kappa shape index (κ3) is 6.40. The smallest absolute Gasteiger partial charge is 0.251 e. The maximum absolute atomic E-state index is 12.5. The van der Waals surface area contributed by atoms with Crippen LogP contribution in [0.5, 0.6) is 11.5 Å². The van der Waals surface area contributed by atoms with Crippen LogP contribution in [0.25, 0.3) is 0 Å². The number of carbonyl (C=O) groups excluding carboxylic acids is 1. The maximum Gasteiger partial charge on any atom is 0.251 e. The van der Waals surface area contributed by atoms with Crippen LogP contribution in [0.1, 0.15) is 56.3 Å². The van der Waals surface area contributed by atoms with Crippen LogP contribution in [0.4, 0.5) is 0 Å². The van der Waals surface area contributed by atoms with E-state index in [1.807, 2.05) is 6.07 Å². The zero-order chi connectivity index (χ0) is 17.5. The number of benzene rings is 1. The number of methoxy groups -OCH3 is 1. The predicted octanol–water partition coefficient (Wildman–Crippen LogP) is 3.54. The van der Waals surface area contributed by atoms with Gasteiger partial charge in [0.05, 0.1) is 13.2 Å². The Kier molecular flexibility index (Phi) is 9.08. The van der Waals surface area contributed by atoms with Gasteiger partial charge >= 0.3 is 0 Å². The number of hydrogen-bond acceptors (Lipinski definition) is 4. The Morgan fingerprint density at radius 1 is 1.28 bits per heavy atom. The van der Waals surface area contributed by atoms with E-state index in [1.165, 1.54) is 12.8 Å². The van der Waals surface area contributed by atoms with Gasteiger partial charge in [-0.05, 0) is 56.2 Å². The summed E-state index contributed by atoms with van der Waals surface area (Å²) in [7, 11) is 1.60. The molecule has 25 heavy (non-hydrogen) atoms. The molecular formula is C19H31ClN2O3. The Morgan fingerprint density at radius 3 is 2.52 bits per heavy atom. The Morgan fingerprint density at radius 2 is 1.96 bits per heavy atom. The van der Waals surface area contributed by atoms with Gasteiger partial charge in [0, 0.05) is 18.2 Å². The summed E-state index contributed by atoms with van der Waals surface area (Å²) in [5.74, 6) is 1.66. The molecule has 6 heteroatoms. The number of nitrogens with one attached hydrogen (secondary N) is 1. The number of hydrogen-bond donors (Lipinski definition) is 2. The second kappa shape index (κ2) is 10.5. The maximum atomic E-state index is 12.5. The molecule has 3 N–H and O–H groups in total. The van der Waals surface area contributed by atoms with Crippen molar-refractivity contribution in [2.45, 2.75) is 58.1 Å². The lowest BCUT2D eigenvalue weighted by atomic mass is 10.0. The molecule has 0 saturated heterocycles. The van der Waals surface area contributed by atoms with E-state index in [9.17, 15) is 4.79 Å². The molecule has 1 unspecified atom stereocenters. The number of ether oxygens (including phenoxy) is 2. The normalized spacial score (nSPS) is 15.6. The predicted molar refractivity (Wildman–Crippen MR) is 103 cm³/mol. The van der Waals surface area contributed by atoms with Crippen LogP contribution in [-0.4, -0.2) is 31.7 Å². The fraction of sp³-hybridized carbons (Fsp3) is 0.632. The van der Waals surface area contributed by atoms with E-state index < -0.39 is 0 Å². The fourth-order valence-corrected chi connectivity index (χ4v) is 3.14. The molecule has 2 rings (SSSR count). The van der Waals surface area contributed by atoms with Gasteiger partial charge in [0.15, 0.2) is 11.5 Å². The summed E-state index contributed by atoms with van der Waals surface area (Å²) in [6.07, 6.45) is 5.71. The van der Waals surface area contributed by atoms with Gasteiger partial charge in [0.2, 0.25) is 0 Å². The number of carbonyl (C=O) groups is 1. The van der Waals surface area contributed by atoms with Crippen LogP contribution < -0.4 is 20.5 Å². The largest absolute Gasteiger partial charge is 0.493 e. The molecule has 142 valence electrons. The number of amides is 1. The second-order valence-corrected chi connectivity index (χ2v) is 6.93. The number of halogens is 1. The molecule has 0 radical (unpaired) electrons. The number of rotatable bonds is 8. The average Bonchev–Trinajstić information content (AvgIpc) is 3.07. The van der Waals surface area contributed by atoms with Gasteiger partial charge in [-0.15, -0.1) is 12.4 Å². The highest BCUT2D eigenvalue weighted by molar-refractivity contribution is 5.95. The molecule has 0 heterocycles. The Balaban J connectivity index is 0.00000312. The summed E-state index contributed by atoms with van der Waals surface area (Å²) in [6.45, 7) is 4.67. The summed E-state index contributed by atoms with van der Waals surface area (Å²) in [5, 5.41) is 3.00. The lowest BCUT2D eigenvalue weighted by Crippen LogP contribution is -2.41. The molecule has 1 aromatic carbocycles. The first-order valence-corrected chi connectivity index (χ1v) is 8.89. The molecule has 0 bridgehead atoms. The van der Waals surface area contributed by atoms with E-state index in [1.54, 1.807) is 19.2 Å². The molecule has 0 aliphatic heterocycles. The van der Waals surface area contributed by atoms with Crippen molar-refractivity contribution < 1.29 is 14.3 Å². The second-order valence-electron chi connectivity index (χ2n) is 6.93. The zero-order valence-corrected chi connectivity index (χ0v) is 16.2. The van der Waals surface area contributed by atoms with Crippen LogP contribution in [0.3, 0.4) is 0 Å². The monoisotopic (exact) mass is 370 g/mol. The summed E-state index contributed by atoms with van der Waals surface area (Å²) in [6, 6.07) is 5.33. The zero-order valence-electron chi connectivity index (χ0n) is 15.4. The van der Waals surface area contributed by atoms with Crippen LogP contribution in [-0.2, 0) is 0 Å². The highest BCUT2D eigenvalue weighted by Gasteiger charge is 2.20. The SMILES string of the molecule is COc1cc(C(=O)NC(CN)CC(C)C)ccc1OC1CCCC1.Cl. The highest BCUT2D eigenvalue weighted by Crippen LogP contribution is 2.32. The fourth-order valence-electron chi connectivity index (χ4n) is 3.14. The van der Waals surface area contributed by atoms with E-state index in [4.69, 9.17) is 15.2 Å². The Hall–Kier alpha value is -1.46. The summed E-state index contributed by atoms with van der Waals surface area (Å²) < 4.78 is 11.4. The first kappa shape index (κ1) is 21.6. The van der Waals surface area contributed by atoms with Crippen LogP contribution >= 0.6 is 12.4 Å². The molecule has 5 nitrogen and oxygen atoms in total. The van der Waals surface area contributed by atoms with Gasteiger partial charge in [-0.1, -0.05) is 13.8 Å². The molecule has 0 aromatic heterocycles. The van der Waals surface area contributed by atoms with Crippen molar-refractivity contribution in [3.05, 3.63) is 23.8 Å². The lowest BCUT2D eigenvalue weighted by Gasteiger charge is -2.20. The quantitative estimate of drug-likeness (QED) is 0.734. The minimum atomic E-state index is -0.128. The van der Waals surface area contributed by atoms with Crippen LogP contribution in [0.15, 0.2) is 18.2 Å². The third-order valence-electron chi connectivity index (χ3n) is 4.40. The van der Waals surface area contributed by atoms with Gasteiger partial charge in [-0.25, -0.2) is 0 Å². The number of nitrogens with two attached hydrogens (primary N) is 1. The average molecular weight is 371 g/mol.